The maximum Gasteiger partial charge on any atom is 0.387 e. The van der Waals surface area contributed by atoms with Gasteiger partial charge in [0.15, 0.2) is 5.13 Å². The van der Waals surface area contributed by atoms with Crippen molar-refractivity contribution in [3.8, 4) is 17.0 Å². The fourth-order valence-electron chi connectivity index (χ4n) is 3.56. The monoisotopic (exact) mass is 486 g/mol. The van der Waals surface area contributed by atoms with Crippen molar-refractivity contribution in [1.82, 2.24) is 15.2 Å². The molecular formula is C23H20F2N4O4S. The van der Waals surface area contributed by atoms with Crippen molar-refractivity contribution in [2.24, 2.45) is 0 Å². The van der Waals surface area contributed by atoms with Gasteiger partial charge < -0.3 is 15.4 Å². The summed E-state index contributed by atoms with van der Waals surface area (Å²) in [7, 11) is 0. The Balaban J connectivity index is 1.45. The molecule has 1 unspecified atom stereocenters. The summed E-state index contributed by atoms with van der Waals surface area (Å²) in [5.41, 5.74) is 0.995. The molecule has 0 radical (unpaired) electrons. The average Bonchev–Trinajstić information content (AvgIpc) is 3.33. The van der Waals surface area contributed by atoms with Crippen LogP contribution in [0.1, 0.15) is 18.1 Å². The number of ether oxygens (including phenoxy) is 1. The van der Waals surface area contributed by atoms with Gasteiger partial charge in [-0.15, -0.1) is 11.3 Å². The minimum atomic E-state index is -2.99. The van der Waals surface area contributed by atoms with Crippen LogP contribution in [0.25, 0.3) is 11.3 Å². The number of nitrogens with zero attached hydrogens (tertiary/aromatic N) is 2. The number of aryl methyl sites for hydroxylation is 1. The minimum absolute atomic E-state index is 0.0459. The van der Waals surface area contributed by atoms with E-state index < -0.39 is 36.5 Å². The van der Waals surface area contributed by atoms with E-state index in [4.69, 9.17) is 0 Å². The summed E-state index contributed by atoms with van der Waals surface area (Å²) in [6.45, 7) is -0.00563. The van der Waals surface area contributed by atoms with Gasteiger partial charge in [0, 0.05) is 10.9 Å². The van der Waals surface area contributed by atoms with Crippen molar-refractivity contribution in [2.45, 2.75) is 26.0 Å². The Morgan fingerprint density at radius 1 is 1.21 bits per heavy atom. The predicted molar refractivity (Wildman–Crippen MR) is 122 cm³/mol. The number of anilines is 1. The third-order valence-corrected chi connectivity index (χ3v) is 6.09. The molecule has 4 amide bonds. The van der Waals surface area contributed by atoms with E-state index in [0.29, 0.717) is 16.8 Å². The standard InChI is InChI=1S/C23H20F2N4O4S/c1-13-7-9-14(10-8-13)23(2)19(31)29(22(32)28-23)11-18(30)27-21-26-16(12-34-21)15-5-3-4-6-17(15)33-20(24)25/h3-10,12,20H,11H2,1-2H3,(H,28,32)(H,26,27,30). The Bertz CT molecular complexity index is 1250. The Hall–Kier alpha value is -3.86. The van der Waals surface area contributed by atoms with Gasteiger partial charge in [-0.3, -0.25) is 14.5 Å². The molecule has 0 bridgehead atoms. The Morgan fingerprint density at radius 2 is 1.91 bits per heavy atom. The summed E-state index contributed by atoms with van der Waals surface area (Å²) in [5.74, 6) is -1.22. The van der Waals surface area contributed by atoms with Gasteiger partial charge in [0.2, 0.25) is 5.91 Å². The van der Waals surface area contributed by atoms with Crippen molar-refractivity contribution >= 4 is 34.3 Å². The summed E-state index contributed by atoms with van der Waals surface area (Å²) in [6.07, 6.45) is 0. The number of hydrogen-bond acceptors (Lipinski definition) is 6. The number of thiazole rings is 1. The smallest absolute Gasteiger partial charge is 0.387 e. The van der Waals surface area contributed by atoms with E-state index in [0.717, 1.165) is 21.8 Å². The molecule has 11 heteroatoms. The van der Waals surface area contributed by atoms with Crippen LogP contribution in [0.4, 0.5) is 18.7 Å². The first-order valence-corrected chi connectivity index (χ1v) is 11.1. The van der Waals surface area contributed by atoms with Gasteiger partial charge >= 0.3 is 12.6 Å². The third-order valence-electron chi connectivity index (χ3n) is 5.34. The maximum absolute atomic E-state index is 13.0. The number of alkyl halides is 2. The first kappa shape index (κ1) is 23.3. The molecule has 2 N–H and O–H groups in total. The Kier molecular flexibility index (Phi) is 6.29. The van der Waals surface area contributed by atoms with Crippen LogP contribution in [0.2, 0.25) is 0 Å². The number of halogens is 2. The first-order chi connectivity index (χ1) is 16.2. The number of rotatable bonds is 7. The van der Waals surface area contributed by atoms with Gasteiger partial charge in [-0.05, 0) is 31.5 Å². The van der Waals surface area contributed by atoms with Gasteiger partial charge in [-0.2, -0.15) is 8.78 Å². The predicted octanol–water partition coefficient (Wildman–Crippen LogP) is 4.13. The van der Waals surface area contributed by atoms with Crippen molar-refractivity contribution in [1.29, 1.82) is 0 Å². The number of amides is 4. The molecule has 1 aromatic heterocycles. The lowest BCUT2D eigenvalue weighted by Gasteiger charge is -2.22. The highest BCUT2D eigenvalue weighted by atomic mass is 32.1. The normalized spacial score (nSPS) is 17.7. The average molecular weight is 487 g/mol. The van der Waals surface area contributed by atoms with E-state index in [9.17, 15) is 23.2 Å². The summed E-state index contributed by atoms with van der Waals surface area (Å²) < 4.78 is 29.9. The van der Waals surface area contributed by atoms with Gasteiger partial charge in [-0.25, -0.2) is 9.78 Å². The summed E-state index contributed by atoms with van der Waals surface area (Å²) >= 11 is 1.07. The molecule has 1 saturated heterocycles. The molecule has 34 heavy (non-hydrogen) atoms. The van der Waals surface area contributed by atoms with E-state index in [-0.39, 0.29) is 10.9 Å². The quantitative estimate of drug-likeness (QED) is 0.489. The molecule has 0 saturated carbocycles. The Morgan fingerprint density at radius 3 is 2.62 bits per heavy atom. The first-order valence-electron chi connectivity index (χ1n) is 10.2. The van der Waals surface area contributed by atoms with Crippen LogP contribution in [0, 0.1) is 6.92 Å². The number of aromatic nitrogens is 1. The molecule has 1 atom stereocenters. The highest BCUT2D eigenvalue weighted by molar-refractivity contribution is 7.14. The third kappa shape index (κ3) is 4.60. The van der Waals surface area contributed by atoms with Crippen LogP contribution in [-0.2, 0) is 15.1 Å². The van der Waals surface area contributed by atoms with Crippen LogP contribution in [-0.4, -0.2) is 40.9 Å². The van der Waals surface area contributed by atoms with Crippen molar-refractivity contribution in [3.05, 3.63) is 65.0 Å². The molecule has 1 aliphatic heterocycles. The lowest BCUT2D eigenvalue weighted by Crippen LogP contribution is -2.42. The fraction of sp³-hybridized carbons (Fsp3) is 0.217. The molecule has 1 aliphatic rings. The zero-order valence-corrected chi connectivity index (χ0v) is 19.0. The summed E-state index contributed by atoms with van der Waals surface area (Å²) in [6, 6.07) is 12.7. The summed E-state index contributed by atoms with van der Waals surface area (Å²) in [4.78, 5) is 43.1. The lowest BCUT2D eigenvalue weighted by molar-refractivity contribution is -0.133. The molecule has 0 aliphatic carbocycles. The molecule has 176 valence electrons. The van der Waals surface area contributed by atoms with E-state index in [1.807, 2.05) is 19.1 Å². The number of urea groups is 1. The second-order valence-electron chi connectivity index (χ2n) is 7.77. The SMILES string of the molecule is Cc1ccc(C2(C)NC(=O)N(CC(=O)Nc3nc(-c4ccccc4OC(F)F)cs3)C2=O)cc1. The number of nitrogens with one attached hydrogen (secondary N) is 2. The van der Waals surface area contributed by atoms with Gasteiger partial charge in [0.1, 0.15) is 17.8 Å². The molecule has 2 heterocycles. The van der Waals surface area contributed by atoms with Crippen molar-refractivity contribution in [2.75, 3.05) is 11.9 Å². The number of benzene rings is 2. The second-order valence-corrected chi connectivity index (χ2v) is 8.63. The highest BCUT2D eigenvalue weighted by Gasteiger charge is 2.49. The zero-order valence-electron chi connectivity index (χ0n) is 18.2. The molecule has 2 aromatic carbocycles. The van der Waals surface area contributed by atoms with Crippen molar-refractivity contribution < 1.29 is 27.9 Å². The van der Waals surface area contributed by atoms with Crippen LogP contribution >= 0.6 is 11.3 Å². The van der Waals surface area contributed by atoms with Gasteiger partial charge in [-0.1, -0.05) is 42.0 Å². The topological polar surface area (TPSA) is 101 Å². The van der Waals surface area contributed by atoms with E-state index in [1.165, 1.54) is 6.07 Å². The minimum Gasteiger partial charge on any atom is -0.434 e. The molecule has 0 spiro atoms. The number of carbonyl (C=O) groups excluding carboxylic acids is 3. The van der Waals surface area contributed by atoms with E-state index in [2.05, 4.69) is 20.4 Å². The van der Waals surface area contributed by atoms with E-state index >= 15 is 0 Å². The molecule has 8 nitrogen and oxygen atoms in total. The highest BCUT2D eigenvalue weighted by Crippen LogP contribution is 2.33. The van der Waals surface area contributed by atoms with E-state index in [1.54, 1.807) is 42.6 Å². The van der Waals surface area contributed by atoms with Gasteiger partial charge in [0.25, 0.3) is 5.91 Å². The number of para-hydroxylation sites is 1. The Labute approximate surface area is 197 Å². The molecular weight excluding hydrogens is 466 g/mol. The lowest BCUT2D eigenvalue weighted by atomic mass is 9.91. The van der Waals surface area contributed by atoms with Gasteiger partial charge in [0.05, 0.1) is 5.69 Å². The number of hydrogen-bond donors (Lipinski definition) is 2. The number of imide groups is 1. The van der Waals surface area contributed by atoms with Crippen molar-refractivity contribution in [3.63, 3.8) is 0 Å². The van der Waals surface area contributed by atoms with Crippen LogP contribution < -0.4 is 15.4 Å². The fourth-order valence-corrected chi connectivity index (χ4v) is 4.28. The molecule has 4 rings (SSSR count). The zero-order chi connectivity index (χ0) is 24.5. The van der Waals surface area contributed by atoms with Crippen LogP contribution in [0.5, 0.6) is 5.75 Å². The summed E-state index contributed by atoms with van der Waals surface area (Å²) in [5, 5.41) is 6.95. The maximum atomic E-state index is 13.0. The van der Waals surface area contributed by atoms with Crippen LogP contribution in [0.15, 0.2) is 53.9 Å². The largest absolute Gasteiger partial charge is 0.434 e. The molecule has 3 aromatic rings. The number of carbonyl (C=O) groups is 3. The molecule has 1 fully saturated rings. The second kappa shape index (κ2) is 9.18. The van der Waals surface area contributed by atoms with Crippen LogP contribution in [0.3, 0.4) is 0 Å².